The zero-order chi connectivity index (χ0) is 21.1. The first-order valence-corrected chi connectivity index (χ1v) is 10.0. The van der Waals surface area contributed by atoms with E-state index in [4.69, 9.17) is 0 Å². The molecule has 3 aromatic rings. The molecular weight excluding hydrogens is 390 g/mol. The molecule has 9 heteroatoms. The minimum atomic E-state index is -0.659. The van der Waals surface area contributed by atoms with Gasteiger partial charge < -0.3 is 4.90 Å². The van der Waals surface area contributed by atoms with Crippen molar-refractivity contribution in [2.45, 2.75) is 32.7 Å². The van der Waals surface area contributed by atoms with E-state index in [2.05, 4.69) is 18.1 Å². The van der Waals surface area contributed by atoms with E-state index in [1.165, 1.54) is 12.2 Å². The molecule has 1 N–H and O–H groups in total. The van der Waals surface area contributed by atoms with Crippen LogP contribution in [-0.2, 0) is 19.8 Å². The maximum absolute atomic E-state index is 12.8. The lowest BCUT2D eigenvalue weighted by Crippen LogP contribution is -3.09. The van der Waals surface area contributed by atoms with Crippen LogP contribution in [0, 0.1) is 0 Å². The van der Waals surface area contributed by atoms with E-state index in [-0.39, 0.29) is 25.8 Å². The molecule has 0 aliphatic heterocycles. The quantitative estimate of drug-likeness (QED) is 0.541. The standard InChI is InChI=1S/C20H23N5O3S/c1-5-11-23-18(26)24(12-6-2)20(28)25(19(23)27)13-22(4)14(3)17-21-15-9-7-8-10-16(15)29-17/h5-10,14H,1-2,11-13H2,3-4H3/p+1/t14-/m1/s1. The summed E-state index contributed by atoms with van der Waals surface area (Å²) >= 11 is 1.59. The summed E-state index contributed by atoms with van der Waals surface area (Å²) in [6.07, 6.45) is 2.91. The Labute approximate surface area is 171 Å². The van der Waals surface area contributed by atoms with E-state index in [0.29, 0.717) is 0 Å². The molecule has 0 fully saturated rings. The third-order valence-corrected chi connectivity index (χ3v) is 6.06. The van der Waals surface area contributed by atoms with E-state index >= 15 is 0 Å². The van der Waals surface area contributed by atoms with E-state index in [1.807, 2.05) is 38.2 Å². The lowest BCUT2D eigenvalue weighted by molar-refractivity contribution is -0.933. The fourth-order valence-corrected chi connectivity index (χ4v) is 4.17. The predicted molar refractivity (Wildman–Crippen MR) is 115 cm³/mol. The van der Waals surface area contributed by atoms with Gasteiger partial charge in [0.15, 0.2) is 11.7 Å². The number of hydrogen-bond acceptors (Lipinski definition) is 5. The summed E-state index contributed by atoms with van der Waals surface area (Å²) in [4.78, 5) is 43.7. The van der Waals surface area contributed by atoms with Gasteiger partial charge in [-0.15, -0.1) is 24.5 Å². The van der Waals surface area contributed by atoms with Crippen molar-refractivity contribution in [3.05, 3.63) is 86.0 Å². The number of hydrogen-bond donors (Lipinski definition) is 1. The third-order valence-electron chi connectivity index (χ3n) is 4.84. The van der Waals surface area contributed by atoms with Gasteiger partial charge in [0, 0.05) is 0 Å². The first-order valence-electron chi connectivity index (χ1n) is 9.23. The van der Waals surface area contributed by atoms with Crippen molar-refractivity contribution in [2.75, 3.05) is 7.05 Å². The Hall–Kier alpha value is -3.04. The maximum atomic E-state index is 12.8. The number of nitrogens with zero attached hydrogens (tertiary/aromatic N) is 4. The molecule has 0 radical (unpaired) electrons. The van der Waals surface area contributed by atoms with Gasteiger partial charge in [0.25, 0.3) is 0 Å². The number of nitrogens with one attached hydrogen (secondary N) is 1. The molecule has 2 aromatic heterocycles. The molecule has 0 amide bonds. The van der Waals surface area contributed by atoms with Crippen molar-refractivity contribution in [2.24, 2.45) is 0 Å². The van der Waals surface area contributed by atoms with Gasteiger partial charge in [-0.05, 0) is 19.1 Å². The van der Waals surface area contributed by atoms with Crippen LogP contribution in [0.2, 0.25) is 0 Å². The van der Waals surface area contributed by atoms with Crippen LogP contribution < -0.4 is 22.0 Å². The average Bonchev–Trinajstić information content (AvgIpc) is 3.15. The SMILES string of the molecule is C=CCn1c(=O)n(CC=C)c(=O)n(C[NH+](C)[C@H](C)c2nc3ccccc3s2)c1=O. The number of para-hydroxylation sites is 1. The van der Waals surface area contributed by atoms with E-state index < -0.39 is 17.1 Å². The molecule has 3 rings (SSSR count). The second kappa shape index (κ2) is 8.54. The highest BCUT2D eigenvalue weighted by Crippen LogP contribution is 2.24. The van der Waals surface area contributed by atoms with Crippen LogP contribution in [0.15, 0.2) is 64.0 Å². The fourth-order valence-electron chi connectivity index (χ4n) is 3.06. The van der Waals surface area contributed by atoms with Gasteiger partial charge in [-0.1, -0.05) is 24.3 Å². The van der Waals surface area contributed by atoms with Gasteiger partial charge in [0.1, 0.15) is 6.04 Å². The molecule has 1 unspecified atom stereocenters. The zero-order valence-electron chi connectivity index (χ0n) is 16.5. The molecule has 0 bridgehead atoms. The van der Waals surface area contributed by atoms with Crippen molar-refractivity contribution >= 4 is 21.6 Å². The molecule has 0 aliphatic rings. The number of fused-ring (bicyclic) bond motifs is 1. The van der Waals surface area contributed by atoms with Crippen molar-refractivity contribution in [3.8, 4) is 0 Å². The number of thiazole rings is 1. The third kappa shape index (κ3) is 3.92. The number of allylic oxidation sites excluding steroid dienone is 2. The summed E-state index contributed by atoms with van der Waals surface area (Å²) < 4.78 is 4.20. The highest BCUT2D eigenvalue weighted by Gasteiger charge is 2.23. The molecule has 8 nitrogen and oxygen atoms in total. The molecule has 0 aliphatic carbocycles. The topological polar surface area (TPSA) is 83.3 Å². The van der Waals surface area contributed by atoms with Gasteiger partial charge in [-0.2, -0.15) is 4.57 Å². The largest absolute Gasteiger partial charge is 0.341 e. The van der Waals surface area contributed by atoms with Crippen LogP contribution in [-0.4, -0.2) is 25.7 Å². The van der Waals surface area contributed by atoms with Crippen molar-refractivity contribution in [1.29, 1.82) is 0 Å². The second-order valence-electron chi connectivity index (χ2n) is 6.82. The Kier molecular flexibility index (Phi) is 6.09. The first kappa shape index (κ1) is 20.7. The van der Waals surface area contributed by atoms with Gasteiger partial charge in [0.2, 0.25) is 0 Å². The first-order chi connectivity index (χ1) is 13.9. The molecule has 152 valence electrons. The van der Waals surface area contributed by atoms with Crippen LogP contribution in [0.4, 0.5) is 0 Å². The molecule has 2 heterocycles. The minimum Gasteiger partial charge on any atom is -0.312 e. The molecule has 2 atom stereocenters. The number of benzene rings is 1. The van der Waals surface area contributed by atoms with Crippen LogP contribution in [0.5, 0.6) is 0 Å². The number of aromatic nitrogens is 4. The van der Waals surface area contributed by atoms with Crippen LogP contribution in [0.25, 0.3) is 10.2 Å². The smallest absolute Gasteiger partial charge is 0.312 e. The lowest BCUT2D eigenvalue weighted by atomic mass is 10.3. The van der Waals surface area contributed by atoms with E-state index in [1.54, 1.807) is 11.3 Å². The molecule has 0 saturated carbocycles. The molecule has 0 spiro atoms. The average molecular weight is 415 g/mol. The van der Waals surface area contributed by atoms with Crippen molar-refractivity contribution in [1.82, 2.24) is 18.7 Å². The fraction of sp³-hybridized carbons (Fsp3) is 0.300. The summed E-state index contributed by atoms with van der Waals surface area (Å²) in [5, 5.41) is 0.919. The summed E-state index contributed by atoms with van der Waals surface area (Å²) in [5.74, 6) is 0. The molecule has 29 heavy (non-hydrogen) atoms. The van der Waals surface area contributed by atoms with Gasteiger partial charge in [-0.3, -0.25) is 0 Å². The Morgan fingerprint density at radius 3 is 2.14 bits per heavy atom. The Morgan fingerprint density at radius 1 is 1.03 bits per heavy atom. The summed E-state index contributed by atoms with van der Waals surface area (Å²) in [6, 6.07) is 7.84. The number of rotatable bonds is 8. The highest BCUT2D eigenvalue weighted by molar-refractivity contribution is 7.18. The number of quaternary nitrogens is 1. The molecule has 1 aromatic carbocycles. The summed E-state index contributed by atoms with van der Waals surface area (Å²) in [7, 11) is 1.89. The van der Waals surface area contributed by atoms with Gasteiger partial charge >= 0.3 is 17.1 Å². The van der Waals surface area contributed by atoms with E-state index in [9.17, 15) is 14.4 Å². The maximum Gasteiger partial charge on any atom is 0.341 e. The lowest BCUT2D eigenvalue weighted by Gasteiger charge is -2.21. The molecular formula is C20H24N5O3S+. The van der Waals surface area contributed by atoms with Gasteiger partial charge in [0.05, 0.1) is 30.4 Å². The van der Waals surface area contributed by atoms with Crippen molar-refractivity contribution < 1.29 is 4.90 Å². The summed E-state index contributed by atoms with van der Waals surface area (Å²) in [5.41, 5.74) is -1.02. The zero-order valence-corrected chi connectivity index (χ0v) is 17.3. The Morgan fingerprint density at radius 2 is 1.59 bits per heavy atom. The van der Waals surface area contributed by atoms with E-state index in [0.717, 1.165) is 33.8 Å². The van der Waals surface area contributed by atoms with Crippen LogP contribution in [0.1, 0.15) is 18.0 Å². The van der Waals surface area contributed by atoms with Crippen LogP contribution in [0.3, 0.4) is 0 Å². The predicted octanol–water partition coefficient (Wildman–Crippen LogP) is 0.387. The highest BCUT2D eigenvalue weighted by atomic mass is 32.1. The normalized spacial score (nSPS) is 13.3. The van der Waals surface area contributed by atoms with Crippen LogP contribution >= 0.6 is 11.3 Å². The minimum absolute atomic E-state index is 0.0293. The summed E-state index contributed by atoms with van der Waals surface area (Å²) in [6.45, 7) is 9.34. The Balaban J connectivity index is 2.00. The second-order valence-corrected chi connectivity index (χ2v) is 7.88. The van der Waals surface area contributed by atoms with Gasteiger partial charge in [-0.25, -0.2) is 28.5 Å². The Bertz CT molecular complexity index is 1150. The van der Waals surface area contributed by atoms with Crippen molar-refractivity contribution in [3.63, 3.8) is 0 Å². The monoisotopic (exact) mass is 414 g/mol. The molecule has 0 saturated heterocycles.